The van der Waals surface area contributed by atoms with E-state index in [0.717, 1.165) is 11.4 Å². The van der Waals surface area contributed by atoms with Crippen LogP contribution in [0.25, 0.3) is 0 Å². The standard InChI is InChI=1S/C13H22N2O2S3/c1-4-14-7-12-13(5-6-18-12)20(16,17)15-8-10(2)19-11(3)9-15/h5-6,10-11,14H,4,7-9H2,1-3H3. The zero-order valence-electron chi connectivity index (χ0n) is 12.1. The van der Waals surface area contributed by atoms with Crippen LogP contribution in [0.4, 0.5) is 0 Å². The maximum atomic E-state index is 12.8. The normalized spacial score (nSPS) is 24.9. The highest BCUT2D eigenvalue weighted by Gasteiger charge is 2.33. The van der Waals surface area contributed by atoms with Crippen molar-refractivity contribution < 1.29 is 8.42 Å². The van der Waals surface area contributed by atoms with Crippen LogP contribution in [0.1, 0.15) is 25.6 Å². The van der Waals surface area contributed by atoms with E-state index in [9.17, 15) is 8.42 Å². The van der Waals surface area contributed by atoms with Crippen LogP contribution >= 0.6 is 23.1 Å². The van der Waals surface area contributed by atoms with Crippen LogP contribution in [-0.4, -0.2) is 42.9 Å². The van der Waals surface area contributed by atoms with Gasteiger partial charge in [-0.1, -0.05) is 20.8 Å². The fourth-order valence-corrected chi connectivity index (χ4v) is 6.91. The molecule has 1 N–H and O–H groups in total. The van der Waals surface area contributed by atoms with Crippen LogP contribution in [0.2, 0.25) is 0 Å². The Morgan fingerprint density at radius 2 is 2.00 bits per heavy atom. The Morgan fingerprint density at radius 3 is 2.60 bits per heavy atom. The molecule has 4 nitrogen and oxygen atoms in total. The van der Waals surface area contributed by atoms with E-state index in [1.54, 1.807) is 10.4 Å². The number of nitrogens with zero attached hydrogens (tertiary/aromatic N) is 1. The lowest BCUT2D eigenvalue weighted by molar-refractivity contribution is 0.404. The number of thiophene rings is 1. The lowest BCUT2D eigenvalue weighted by Crippen LogP contribution is -2.44. The summed E-state index contributed by atoms with van der Waals surface area (Å²) >= 11 is 3.37. The lowest BCUT2D eigenvalue weighted by Gasteiger charge is -2.33. The minimum Gasteiger partial charge on any atom is -0.312 e. The Balaban J connectivity index is 2.23. The van der Waals surface area contributed by atoms with Gasteiger partial charge >= 0.3 is 0 Å². The number of hydrogen-bond acceptors (Lipinski definition) is 5. The van der Waals surface area contributed by atoms with E-state index >= 15 is 0 Å². The van der Waals surface area contributed by atoms with Gasteiger partial charge in [0, 0.05) is 35.0 Å². The molecule has 0 saturated carbocycles. The third-order valence-corrected chi connectivity index (χ3v) is 7.44. The minimum absolute atomic E-state index is 0.351. The zero-order valence-corrected chi connectivity index (χ0v) is 14.6. The molecular formula is C13H22N2O2S3. The number of thioether (sulfide) groups is 1. The minimum atomic E-state index is -3.36. The maximum absolute atomic E-state index is 12.8. The SMILES string of the molecule is CCNCc1sccc1S(=O)(=O)N1CC(C)SC(C)C1. The van der Waals surface area contributed by atoms with Crippen LogP contribution < -0.4 is 5.32 Å². The second kappa shape index (κ2) is 6.79. The molecule has 1 aliphatic heterocycles. The zero-order chi connectivity index (χ0) is 14.8. The van der Waals surface area contributed by atoms with Crippen molar-refractivity contribution in [2.45, 2.75) is 42.7 Å². The lowest BCUT2D eigenvalue weighted by atomic mass is 10.4. The van der Waals surface area contributed by atoms with Gasteiger partial charge in [0.1, 0.15) is 0 Å². The van der Waals surface area contributed by atoms with Gasteiger partial charge in [-0.05, 0) is 18.0 Å². The van der Waals surface area contributed by atoms with Gasteiger partial charge in [-0.25, -0.2) is 8.42 Å². The molecule has 0 aliphatic carbocycles. The first kappa shape index (κ1) is 16.3. The van der Waals surface area contributed by atoms with Crippen molar-refractivity contribution >= 4 is 33.1 Å². The Bertz CT molecular complexity index is 532. The summed E-state index contributed by atoms with van der Waals surface area (Å²) in [4.78, 5) is 1.39. The van der Waals surface area contributed by atoms with Gasteiger partial charge in [0.25, 0.3) is 0 Å². The molecule has 114 valence electrons. The highest BCUT2D eigenvalue weighted by Crippen LogP contribution is 2.31. The quantitative estimate of drug-likeness (QED) is 0.898. The molecule has 0 aromatic carbocycles. The van der Waals surface area contributed by atoms with E-state index < -0.39 is 10.0 Å². The number of hydrogen-bond donors (Lipinski definition) is 1. The van der Waals surface area contributed by atoms with E-state index in [-0.39, 0.29) is 0 Å². The van der Waals surface area contributed by atoms with Crippen LogP contribution in [-0.2, 0) is 16.6 Å². The van der Waals surface area contributed by atoms with Crippen LogP contribution in [0.5, 0.6) is 0 Å². The van der Waals surface area contributed by atoms with Gasteiger partial charge in [0.05, 0.1) is 4.90 Å². The third-order valence-electron chi connectivity index (χ3n) is 3.24. The van der Waals surface area contributed by atoms with Crippen LogP contribution in [0, 0.1) is 0 Å². The summed E-state index contributed by atoms with van der Waals surface area (Å²) in [5.74, 6) is 0. The predicted molar refractivity (Wildman–Crippen MR) is 87.0 cm³/mol. The van der Waals surface area contributed by atoms with Crippen molar-refractivity contribution in [1.82, 2.24) is 9.62 Å². The molecule has 20 heavy (non-hydrogen) atoms. The first-order chi connectivity index (χ1) is 9.45. The fourth-order valence-electron chi connectivity index (χ4n) is 2.39. The van der Waals surface area contributed by atoms with Gasteiger partial charge in [-0.15, -0.1) is 11.3 Å². The fraction of sp³-hybridized carbons (Fsp3) is 0.692. The monoisotopic (exact) mass is 334 g/mol. The number of nitrogens with one attached hydrogen (secondary N) is 1. The number of rotatable bonds is 5. The van der Waals surface area contributed by atoms with E-state index in [4.69, 9.17) is 0 Å². The van der Waals surface area contributed by atoms with Gasteiger partial charge in [0.2, 0.25) is 10.0 Å². The molecule has 2 unspecified atom stereocenters. The molecule has 1 aliphatic rings. The molecule has 7 heteroatoms. The molecule has 2 rings (SSSR count). The van der Waals surface area contributed by atoms with E-state index in [1.807, 2.05) is 24.1 Å². The van der Waals surface area contributed by atoms with Crippen molar-refractivity contribution in [2.75, 3.05) is 19.6 Å². The van der Waals surface area contributed by atoms with E-state index in [1.165, 1.54) is 11.3 Å². The summed E-state index contributed by atoms with van der Waals surface area (Å²) in [6.07, 6.45) is 0. The van der Waals surface area contributed by atoms with Gasteiger partial charge in [-0.3, -0.25) is 0 Å². The predicted octanol–water partition coefficient (Wildman–Crippen LogP) is 2.37. The Hall–Kier alpha value is -0.0800. The summed E-state index contributed by atoms with van der Waals surface area (Å²) in [5.41, 5.74) is 0. The second-order valence-corrected chi connectivity index (χ2v) is 9.86. The van der Waals surface area contributed by atoms with Crippen molar-refractivity contribution in [3.63, 3.8) is 0 Å². The Morgan fingerprint density at radius 1 is 1.35 bits per heavy atom. The summed E-state index contributed by atoms with van der Waals surface area (Å²) in [6, 6.07) is 1.74. The van der Waals surface area contributed by atoms with Crippen molar-refractivity contribution in [1.29, 1.82) is 0 Å². The maximum Gasteiger partial charge on any atom is 0.244 e. The molecule has 1 fully saturated rings. The largest absolute Gasteiger partial charge is 0.312 e. The number of sulfonamides is 1. The van der Waals surface area contributed by atoms with E-state index in [0.29, 0.717) is 35.0 Å². The highest BCUT2D eigenvalue weighted by atomic mass is 32.2. The highest BCUT2D eigenvalue weighted by molar-refractivity contribution is 8.00. The van der Waals surface area contributed by atoms with Gasteiger partial charge < -0.3 is 5.32 Å². The second-order valence-electron chi connectivity index (χ2n) is 5.07. The molecule has 1 saturated heterocycles. The average Bonchev–Trinajstić information content (AvgIpc) is 2.84. The average molecular weight is 335 g/mol. The van der Waals surface area contributed by atoms with Crippen LogP contribution in [0.3, 0.4) is 0 Å². The summed E-state index contributed by atoms with van der Waals surface area (Å²) in [6.45, 7) is 8.88. The first-order valence-electron chi connectivity index (χ1n) is 6.87. The third kappa shape index (κ3) is 3.57. The smallest absolute Gasteiger partial charge is 0.244 e. The molecule has 0 radical (unpaired) electrons. The van der Waals surface area contributed by atoms with Crippen molar-refractivity contribution in [3.8, 4) is 0 Å². The van der Waals surface area contributed by atoms with Crippen molar-refractivity contribution in [2.24, 2.45) is 0 Å². The molecule has 0 amide bonds. The Labute approximate surface area is 130 Å². The van der Waals surface area contributed by atoms with Crippen molar-refractivity contribution in [3.05, 3.63) is 16.3 Å². The molecule has 2 atom stereocenters. The topological polar surface area (TPSA) is 49.4 Å². The van der Waals surface area contributed by atoms with Crippen LogP contribution in [0.15, 0.2) is 16.3 Å². The van der Waals surface area contributed by atoms with Gasteiger partial charge in [-0.2, -0.15) is 16.1 Å². The molecule has 1 aromatic heterocycles. The summed E-state index contributed by atoms with van der Waals surface area (Å²) in [5, 5.41) is 5.78. The first-order valence-corrected chi connectivity index (χ1v) is 10.1. The molecule has 0 spiro atoms. The summed E-state index contributed by atoms with van der Waals surface area (Å²) < 4.78 is 27.3. The Kier molecular flexibility index (Phi) is 5.53. The molecule has 2 heterocycles. The molecule has 0 bridgehead atoms. The molecular weight excluding hydrogens is 312 g/mol. The van der Waals surface area contributed by atoms with Gasteiger partial charge in [0.15, 0.2) is 0 Å². The van der Waals surface area contributed by atoms with E-state index in [2.05, 4.69) is 19.2 Å². The molecule has 1 aromatic rings. The summed E-state index contributed by atoms with van der Waals surface area (Å²) in [7, 11) is -3.36.